The molecule has 13 heavy (non-hydrogen) atoms. The highest BCUT2D eigenvalue weighted by atomic mass is 35.5. The lowest BCUT2D eigenvalue weighted by Gasteiger charge is -2.17. The first kappa shape index (κ1) is 10.8. The van der Waals surface area contributed by atoms with E-state index in [-0.39, 0.29) is 0 Å². The molecule has 0 saturated carbocycles. The molecular weight excluding hydrogens is 196 g/mol. The molecule has 0 atom stereocenters. The Morgan fingerprint density at radius 1 is 1.23 bits per heavy atom. The maximum Gasteiger partial charge on any atom is 0.0895 e. The van der Waals surface area contributed by atoms with Gasteiger partial charge in [-0.15, -0.1) is 11.6 Å². The van der Waals surface area contributed by atoms with Crippen LogP contribution in [0.1, 0.15) is 13.8 Å². The van der Waals surface area contributed by atoms with Gasteiger partial charge >= 0.3 is 0 Å². The molecule has 0 spiro atoms. The van der Waals surface area contributed by atoms with Gasteiger partial charge in [-0.3, -0.25) is 0 Å². The summed E-state index contributed by atoms with van der Waals surface area (Å²) >= 11 is 5.82. The van der Waals surface area contributed by atoms with E-state index in [9.17, 15) is 0 Å². The molecule has 0 bridgehead atoms. The molecule has 0 aliphatic rings. The van der Waals surface area contributed by atoms with E-state index in [0.29, 0.717) is 0 Å². The molecule has 0 N–H and O–H groups in total. The van der Waals surface area contributed by atoms with E-state index >= 15 is 0 Å². The molecule has 0 fully saturated rings. The van der Waals surface area contributed by atoms with Gasteiger partial charge in [0.15, 0.2) is 0 Å². The van der Waals surface area contributed by atoms with Crippen LogP contribution in [0.4, 0.5) is 0 Å². The number of alkyl halides is 1. The van der Waals surface area contributed by atoms with Crippen LogP contribution in [0.5, 0.6) is 0 Å². The SMILES string of the molecule is CC(C)[Si](CCCl)c1ccccc1. The second kappa shape index (κ2) is 5.46. The zero-order chi connectivity index (χ0) is 9.68. The molecule has 1 aromatic rings. The molecule has 1 aromatic carbocycles. The van der Waals surface area contributed by atoms with Crippen molar-refractivity contribution in [3.63, 3.8) is 0 Å². The second-order valence-corrected chi connectivity index (χ2v) is 7.15. The Balaban J connectivity index is 2.76. The lowest BCUT2D eigenvalue weighted by atomic mass is 10.4. The van der Waals surface area contributed by atoms with E-state index in [4.69, 9.17) is 11.6 Å². The van der Waals surface area contributed by atoms with Crippen LogP contribution in [0.3, 0.4) is 0 Å². The smallest absolute Gasteiger partial charge is 0.0895 e. The van der Waals surface area contributed by atoms with Crippen LogP contribution in [0.25, 0.3) is 0 Å². The number of hydrogen-bond acceptors (Lipinski definition) is 0. The molecular formula is C11H16ClSi. The predicted molar refractivity (Wildman–Crippen MR) is 62.5 cm³/mol. The van der Waals surface area contributed by atoms with Gasteiger partial charge in [0.05, 0.1) is 8.80 Å². The normalized spacial score (nSPS) is 11.2. The fraction of sp³-hybridized carbons (Fsp3) is 0.455. The minimum absolute atomic E-state index is 0.422. The monoisotopic (exact) mass is 211 g/mol. The third-order valence-corrected chi connectivity index (χ3v) is 5.97. The fourth-order valence-electron chi connectivity index (χ4n) is 1.52. The van der Waals surface area contributed by atoms with E-state index in [1.807, 2.05) is 0 Å². The van der Waals surface area contributed by atoms with Crippen molar-refractivity contribution in [2.24, 2.45) is 0 Å². The maximum atomic E-state index is 5.82. The van der Waals surface area contributed by atoms with Gasteiger partial charge in [-0.25, -0.2) is 0 Å². The Kier molecular flexibility index (Phi) is 4.53. The summed E-state index contributed by atoms with van der Waals surface area (Å²) in [5, 5.41) is 1.52. The van der Waals surface area contributed by atoms with Crippen molar-refractivity contribution >= 4 is 25.6 Å². The molecule has 0 heterocycles. The molecule has 0 aromatic heterocycles. The summed E-state index contributed by atoms with van der Waals surface area (Å²) in [5.41, 5.74) is 0.770. The maximum absolute atomic E-state index is 5.82. The topological polar surface area (TPSA) is 0 Å². The van der Waals surface area contributed by atoms with Crippen molar-refractivity contribution in [2.45, 2.75) is 25.4 Å². The first-order chi connectivity index (χ1) is 6.25. The van der Waals surface area contributed by atoms with Crippen LogP contribution in [-0.4, -0.2) is 14.7 Å². The quantitative estimate of drug-likeness (QED) is 0.531. The Labute approximate surface area is 87.5 Å². The van der Waals surface area contributed by atoms with Gasteiger partial charge in [0, 0.05) is 5.88 Å². The van der Waals surface area contributed by atoms with E-state index in [2.05, 4.69) is 44.2 Å². The summed E-state index contributed by atoms with van der Waals surface area (Å²) in [6.07, 6.45) is 0. The summed E-state index contributed by atoms with van der Waals surface area (Å²) < 4.78 is 0. The minimum atomic E-state index is -0.422. The van der Waals surface area contributed by atoms with E-state index < -0.39 is 8.80 Å². The van der Waals surface area contributed by atoms with Gasteiger partial charge in [-0.1, -0.05) is 49.4 Å². The third-order valence-electron chi connectivity index (χ3n) is 2.21. The summed E-state index contributed by atoms with van der Waals surface area (Å²) in [6.45, 7) is 4.60. The Morgan fingerprint density at radius 3 is 2.31 bits per heavy atom. The number of rotatable bonds is 4. The van der Waals surface area contributed by atoms with Crippen LogP contribution < -0.4 is 5.19 Å². The lowest BCUT2D eigenvalue weighted by Crippen LogP contribution is -2.32. The van der Waals surface area contributed by atoms with Crippen molar-refractivity contribution in [1.29, 1.82) is 0 Å². The Morgan fingerprint density at radius 2 is 1.85 bits per heavy atom. The molecule has 0 saturated heterocycles. The van der Waals surface area contributed by atoms with Crippen molar-refractivity contribution in [3.8, 4) is 0 Å². The second-order valence-electron chi connectivity index (χ2n) is 3.48. The Bertz CT molecular complexity index is 233. The standard InChI is InChI=1S/C11H16ClSi/c1-10(2)13(9-8-12)11-6-4-3-5-7-11/h3-7,10H,8-9H2,1-2H3. The number of halogens is 1. The highest BCUT2D eigenvalue weighted by molar-refractivity contribution is 6.74. The van der Waals surface area contributed by atoms with Crippen LogP contribution in [0.2, 0.25) is 11.6 Å². The van der Waals surface area contributed by atoms with Crippen LogP contribution in [-0.2, 0) is 0 Å². The summed E-state index contributed by atoms with van der Waals surface area (Å²) in [6, 6.07) is 12.0. The molecule has 0 aliphatic carbocycles. The first-order valence-corrected chi connectivity index (χ1v) is 7.04. The summed E-state index contributed by atoms with van der Waals surface area (Å²) in [7, 11) is -0.422. The lowest BCUT2D eigenvalue weighted by molar-refractivity contribution is 1.03. The summed E-state index contributed by atoms with van der Waals surface area (Å²) in [4.78, 5) is 0. The van der Waals surface area contributed by atoms with Crippen molar-refractivity contribution in [1.82, 2.24) is 0 Å². The molecule has 71 valence electrons. The zero-order valence-electron chi connectivity index (χ0n) is 8.26. The summed E-state index contributed by atoms with van der Waals surface area (Å²) in [5.74, 6) is 0.793. The van der Waals surface area contributed by atoms with Gasteiger partial charge in [0.1, 0.15) is 0 Å². The fourth-order valence-corrected chi connectivity index (χ4v) is 4.49. The molecule has 1 radical (unpaired) electrons. The highest BCUT2D eigenvalue weighted by Gasteiger charge is 2.16. The average molecular weight is 212 g/mol. The predicted octanol–water partition coefficient (Wildman–Crippen LogP) is 3.04. The third kappa shape index (κ3) is 3.16. The van der Waals surface area contributed by atoms with Gasteiger partial charge in [0.25, 0.3) is 0 Å². The van der Waals surface area contributed by atoms with Gasteiger partial charge in [-0.2, -0.15) is 0 Å². The minimum Gasteiger partial charge on any atom is -0.127 e. The molecule has 2 heteroatoms. The largest absolute Gasteiger partial charge is 0.127 e. The van der Waals surface area contributed by atoms with Crippen LogP contribution in [0.15, 0.2) is 30.3 Å². The zero-order valence-corrected chi connectivity index (χ0v) is 10.0. The van der Waals surface area contributed by atoms with Crippen LogP contribution in [0, 0.1) is 0 Å². The molecule has 0 aliphatic heterocycles. The number of benzene rings is 1. The van der Waals surface area contributed by atoms with Crippen molar-refractivity contribution in [2.75, 3.05) is 5.88 Å². The van der Waals surface area contributed by atoms with E-state index in [0.717, 1.165) is 11.4 Å². The number of hydrogen-bond donors (Lipinski definition) is 0. The molecule has 0 nitrogen and oxygen atoms in total. The van der Waals surface area contributed by atoms with Crippen molar-refractivity contribution in [3.05, 3.63) is 30.3 Å². The first-order valence-electron chi connectivity index (χ1n) is 4.72. The van der Waals surface area contributed by atoms with Gasteiger partial charge in [0.2, 0.25) is 0 Å². The van der Waals surface area contributed by atoms with E-state index in [1.165, 1.54) is 11.2 Å². The van der Waals surface area contributed by atoms with Crippen molar-refractivity contribution < 1.29 is 0 Å². The highest BCUT2D eigenvalue weighted by Crippen LogP contribution is 2.12. The van der Waals surface area contributed by atoms with Gasteiger partial charge < -0.3 is 0 Å². The van der Waals surface area contributed by atoms with Crippen LogP contribution >= 0.6 is 11.6 Å². The molecule has 0 unspecified atom stereocenters. The van der Waals surface area contributed by atoms with E-state index in [1.54, 1.807) is 0 Å². The average Bonchev–Trinajstić information content (AvgIpc) is 2.15. The Hall–Kier alpha value is -0.273. The van der Waals surface area contributed by atoms with Gasteiger partial charge in [-0.05, 0) is 11.6 Å². The molecule has 1 rings (SSSR count). The molecule has 0 amide bonds.